The van der Waals surface area contributed by atoms with Gasteiger partial charge in [0.05, 0.1) is 0 Å². The van der Waals surface area contributed by atoms with Gasteiger partial charge in [-0.15, -0.1) is 0 Å². The highest BCUT2D eigenvalue weighted by Gasteiger charge is 2.08. The zero-order chi connectivity index (χ0) is 13.5. The average molecular weight is 320 g/mol. The van der Waals surface area contributed by atoms with Gasteiger partial charge < -0.3 is 10.1 Å². The minimum atomic E-state index is 0.307. The molecular formula is C16H18BrNO. The van der Waals surface area contributed by atoms with Crippen molar-refractivity contribution in [2.24, 2.45) is 0 Å². The van der Waals surface area contributed by atoms with Crippen molar-refractivity contribution in [1.29, 1.82) is 0 Å². The van der Waals surface area contributed by atoms with E-state index in [2.05, 4.69) is 45.5 Å². The lowest BCUT2D eigenvalue weighted by atomic mass is 10.1. The van der Waals surface area contributed by atoms with E-state index >= 15 is 0 Å². The Bertz CT molecular complexity index is 484. The molecule has 0 aliphatic heterocycles. The molecule has 1 atom stereocenters. The van der Waals surface area contributed by atoms with Crippen LogP contribution in [-0.4, -0.2) is 19.7 Å². The van der Waals surface area contributed by atoms with Crippen LogP contribution in [0.2, 0.25) is 0 Å². The number of likely N-dealkylation sites (N-methyl/N-ethyl adjacent to an activating group) is 1. The maximum absolute atomic E-state index is 5.78. The van der Waals surface area contributed by atoms with E-state index in [1.54, 1.807) is 0 Å². The Morgan fingerprint density at radius 1 is 1.05 bits per heavy atom. The molecule has 0 amide bonds. The summed E-state index contributed by atoms with van der Waals surface area (Å²) < 4.78 is 6.89. The van der Waals surface area contributed by atoms with Crippen molar-refractivity contribution < 1.29 is 4.74 Å². The Kier molecular flexibility index (Phi) is 5.43. The molecule has 1 N–H and O–H groups in total. The van der Waals surface area contributed by atoms with Crippen molar-refractivity contribution >= 4 is 15.9 Å². The van der Waals surface area contributed by atoms with Gasteiger partial charge in [0.2, 0.25) is 0 Å². The summed E-state index contributed by atoms with van der Waals surface area (Å²) in [5, 5.41) is 3.30. The van der Waals surface area contributed by atoms with Crippen LogP contribution in [0.4, 0.5) is 0 Å². The minimum absolute atomic E-state index is 0.307. The van der Waals surface area contributed by atoms with Crippen LogP contribution >= 0.6 is 15.9 Å². The van der Waals surface area contributed by atoms with Crippen molar-refractivity contribution in [3.8, 4) is 5.75 Å². The van der Waals surface area contributed by atoms with Crippen molar-refractivity contribution in [3.63, 3.8) is 0 Å². The van der Waals surface area contributed by atoms with E-state index in [4.69, 9.17) is 4.74 Å². The summed E-state index contributed by atoms with van der Waals surface area (Å²) in [6, 6.07) is 18.6. The molecule has 0 saturated heterocycles. The normalized spacial score (nSPS) is 12.1. The van der Waals surface area contributed by atoms with E-state index in [0.717, 1.165) is 16.6 Å². The standard InChI is InChI=1S/C16H18BrNO/c1-18-15(11-13-7-9-14(17)10-8-13)12-19-16-5-3-2-4-6-16/h2-10,15,18H,11-12H2,1H3. The number of ether oxygens (including phenoxy) is 1. The van der Waals surface area contributed by atoms with Crippen LogP contribution in [0.5, 0.6) is 5.75 Å². The second-order valence-corrected chi connectivity index (χ2v) is 5.36. The highest BCUT2D eigenvalue weighted by Crippen LogP contribution is 2.13. The minimum Gasteiger partial charge on any atom is -0.492 e. The van der Waals surface area contributed by atoms with Crippen molar-refractivity contribution in [2.45, 2.75) is 12.5 Å². The van der Waals surface area contributed by atoms with Gasteiger partial charge in [-0.2, -0.15) is 0 Å². The molecule has 0 fully saturated rings. The predicted octanol–water partition coefficient (Wildman–Crippen LogP) is 3.66. The molecule has 2 rings (SSSR count). The van der Waals surface area contributed by atoms with E-state index in [-0.39, 0.29) is 0 Å². The fourth-order valence-corrected chi connectivity index (χ4v) is 2.13. The lowest BCUT2D eigenvalue weighted by Crippen LogP contribution is -2.33. The summed E-state index contributed by atoms with van der Waals surface area (Å²) in [5.41, 5.74) is 1.30. The van der Waals surface area contributed by atoms with Gasteiger partial charge in [-0.05, 0) is 43.3 Å². The van der Waals surface area contributed by atoms with Crippen molar-refractivity contribution in [1.82, 2.24) is 5.32 Å². The van der Waals surface area contributed by atoms with Crippen LogP contribution in [0.1, 0.15) is 5.56 Å². The molecule has 2 aromatic rings. The van der Waals surface area contributed by atoms with Gasteiger partial charge in [0, 0.05) is 10.5 Å². The van der Waals surface area contributed by atoms with Crippen molar-refractivity contribution in [2.75, 3.05) is 13.7 Å². The van der Waals surface area contributed by atoms with E-state index < -0.39 is 0 Å². The van der Waals surface area contributed by atoms with Crippen LogP contribution in [0.3, 0.4) is 0 Å². The van der Waals surface area contributed by atoms with Gasteiger partial charge in [-0.1, -0.05) is 46.3 Å². The topological polar surface area (TPSA) is 21.3 Å². The summed E-state index contributed by atoms with van der Waals surface area (Å²) in [5.74, 6) is 0.915. The maximum Gasteiger partial charge on any atom is 0.119 e. The highest BCUT2D eigenvalue weighted by molar-refractivity contribution is 9.10. The number of hydrogen-bond donors (Lipinski definition) is 1. The lowest BCUT2D eigenvalue weighted by Gasteiger charge is -2.17. The molecule has 0 aromatic heterocycles. The summed E-state index contributed by atoms with van der Waals surface area (Å²) in [4.78, 5) is 0. The molecule has 0 radical (unpaired) electrons. The predicted molar refractivity (Wildman–Crippen MR) is 82.6 cm³/mol. The third kappa shape index (κ3) is 4.69. The zero-order valence-corrected chi connectivity index (χ0v) is 12.6. The van der Waals surface area contributed by atoms with Crippen LogP contribution < -0.4 is 10.1 Å². The molecule has 2 aromatic carbocycles. The number of nitrogens with one attached hydrogen (secondary N) is 1. The van der Waals surface area contributed by atoms with E-state index in [1.807, 2.05) is 37.4 Å². The molecule has 0 aliphatic carbocycles. The molecule has 3 heteroatoms. The Morgan fingerprint density at radius 2 is 1.74 bits per heavy atom. The van der Waals surface area contributed by atoms with Crippen LogP contribution in [-0.2, 0) is 6.42 Å². The molecule has 0 bridgehead atoms. The second-order valence-electron chi connectivity index (χ2n) is 4.44. The fourth-order valence-electron chi connectivity index (χ4n) is 1.86. The number of benzene rings is 2. The Hall–Kier alpha value is -1.32. The Balaban J connectivity index is 1.88. The lowest BCUT2D eigenvalue weighted by molar-refractivity contribution is 0.270. The van der Waals surface area contributed by atoms with Gasteiger partial charge >= 0.3 is 0 Å². The first-order valence-corrected chi connectivity index (χ1v) is 7.17. The van der Waals surface area contributed by atoms with Crippen LogP contribution in [0.25, 0.3) is 0 Å². The average Bonchev–Trinajstić information content (AvgIpc) is 2.46. The molecule has 0 saturated carbocycles. The van der Waals surface area contributed by atoms with Gasteiger partial charge in [0.25, 0.3) is 0 Å². The third-order valence-corrected chi connectivity index (χ3v) is 3.53. The summed E-state index contributed by atoms with van der Waals surface area (Å²) in [6.07, 6.45) is 0.955. The van der Waals surface area contributed by atoms with Gasteiger partial charge in [-0.25, -0.2) is 0 Å². The van der Waals surface area contributed by atoms with Crippen LogP contribution in [0.15, 0.2) is 59.1 Å². The van der Waals surface area contributed by atoms with E-state index in [1.165, 1.54) is 5.56 Å². The summed E-state index contributed by atoms with van der Waals surface area (Å²) >= 11 is 3.45. The van der Waals surface area contributed by atoms with Gasteiger partial charge in [0.1, 0.15) is 12.4 Å². The smallest absolute Gasteiger partial charge is 0.119 e. The van der Waals surface area contributed by atoms with Gasteiger partial charge in [-0.3, -0.25) is 0 Å². The Morgan fingerprint density at radius 3 is 2.37 bits per heavy atom. The maximum atomic E-state index is 5.78. The zero-order valence-electron chi connectivity index (χ0n) is 11.0. The molecule has 19 heavy (non-hydrogen) atoms. The summed E-state index contributed by atoms with van der Waals surface area (Å²) in [6.45, 7) is 0.663. The summed E-state index contributed by atoms with van der Waals surface area (Å²) in [7, 11) is 1.97. The molecule has 2 nitrogen and oxygen atoms in total. The molecule has 0 aliphatic rings. The first-order chi connectivity index (χ1) is 9.28. The molecule has 100 valence electrons. The number of para-hydroxylation sites is 1. The third-order valence-electron chi connectivity index (χ3n) is 3.00. The molecule has 1 unspecified atom stereocenters. The second kappa shape index (κ2) is 7.31. The molecular weight excluding hydrogens is 302 g/mol. The number of halogens is 1. The van der Waals surface area contributed by atoms with Crippen LogP contribution in [0, 0.1) is 0 Å². The van der Waals surface area contributed by atoms with E-state index in [0.29, 0.717) is 12.6 Å². The first-order valence-electron chi connectivity index (χ1n) is 6.37. The van der Waals surface area contributed by atoms with E-state index in [9.17, 15) is 0 Å². The molecule has 0 spiro atoms. The first kappa shape index (κ1) is 14.1. The highest BCUT2D eigenvalue weighted by atomic mass is 79.9. The van der Waals surface area contributed by atoms with Crippen molar-refractivity contribution in [3.05, 3.63) is 64.6 Å². The molecule has 0 heterocycles. The quantitative estimate of drug-likeness (QED) is 0.877. The Labute approximate surface area is 122 Å². The van der Waals surface area contributed by atoms with Gasteiger partial charge in [0.15, 0.2) is 0 Å². The number of rotatable bonds is 6. The SMILES string of the molecule is CNC(COc1ccccc1)Cc1ccc(Br)cc1. The number of hydrogen-bond acceptors (Lipinski definition) is 2. The monoisotopic (exact) mass is 319 g/mol. The largest absolute Gasteiger partial charge is 0.492 e. The fraction of sp³-hybridized carbons (Fsp3) is 0.250.